The average molecular weight is 530 g/mol. The number of pyridine rings is 2. The van der Waals surface area contributed by atoms with Crippen molar-refractivity contribution in [2.24, 2.45) is 5.92 Å². The van der Waals surface area contributed by atoms with Crippen molar-refractivity contribution in [1.29, 1.82) is 0 Å². The summed E-state index contributed by atoms with van der Waals surface area (Å²) >= 11 is 0. The van der Waals surface area contributed by atoms with Crippen molar-refractivity contribution in [3.63, 3.8) is 0 Å². The van der Waals surface area contributed by atoms with Crippen molar-refractivity contribution in [3.05, 3.63) is 77.0 Å². The Bertz CT molecular complexity index is 1340. The van der Waals surface area contributed by atoms with E-state index in [1.165, 1.54) is 20.0 Å². The van der Waals surface area contributed by atoms with Crippen molar-refractivity contribution in [3.8, 4) is 11.3 Å². The van der Waals surface area contributed by atoms with Crippen LogP contribution in [0.1, 0.15) is 68.1 Å². The first-order chi connectivity index (χ1) is 17.7. The molecule has 2 heterocycles. The molecule has 4 rings (SSSR count). The van der Waals surface area contributed by atoms with E-state index in [9.17, 15) is 33.3 Å². The number of rotatable bonds is 5. The predicted octanol–water partition coefficient (Wildman–Crippen LogP) is 4.67. The van der Waals surface area contributed by atoms with Crippen LogP contribution in [0.2, 0.25) is 0 Å². The van der Waals surface area contributed by atoms with Crippen LogP contribution >= 0.6 is 0 Å². The SMILES string of the molecule is C[C@H]1C[C@@H](c2ccncc2NC(=O)c2ccc(F)c(-c3c(F)cc(C(C)(C)O)cc3F)n2)C[C@@H](O)[C@]1(C)O. The molecule has 0 unspecified atom stereocenters. The number of anilines is 1. The number of benzene rings is 1. The van der Waals surface area contributed by atoms with Gasteiger partial charge in [0.1, 0.15) is 28.8 Å². The molecule has 202 valence electrons. The molecule has 1 aliphatic carbocycles. The third-order valence-corrected chi connectivity index (χ3v) is 7.43. The first kappa shape index (κ1) is 27.7. The number of aliphatic hydroxyl groups excluding tert-OH is 1. The number of amides is 1. The number of nitrogens with zero attached hydrogens (tertiary/aromatic N) is 2. The van der Waals surface area contributed by atoms with Gasteiger partial charge in [-0.1, -0.05) is 6.92 Å². The fraction of sp³-hybridized carbons (Fsp3) is 0.393. The Morgan fingerprint density at radius 1 is 1.11 bits per heavy atom. The first-order valence-corrected chi connectivity index (χ1v) is 12.2. The summed E-state index contributed by atoms with van der Waals surface area (Å²) in [5.41, 5.74) is -3.52. The van der Waals surface area contributed by atoms with Crippen molar-refractivity contribution in [2.75, 3.05) is 5.32 Å². The molecule has 0 saturated heterocycles. The second kappa shape index (κ2) is 10.1. The lowest BCUT2D eigenvalue weighted by Crippen LogP contribution is -2.49. The fourth-order valence-corrected chi connectivity index (χ4v) is 4.80. The number of carbonyl (C=O) groups excluding carboxylic acids is 1. The largest absolute Gasteiger partial charge is 0.390 e. The Kier molecular flexibility index (Phi) is 7.35. The Hall–Kier alpha value is -3.34. The topological polar surface area (TPSA) is 116 Å². The maximum absolute atomic E-state index is 14.9. The van der Waals surface area contributed by atoms with Gasteiger partial charge < -0.3 is 20.6 Å². The van der Waals surface area contributed by atoms with Crippen LogP contribution in [0.3, 0.4) is 0 Å². The molecule has 4 N–H and O–H groups in total. The normalized spacial score (nSPS) is 23.8. The molecular weight excluding hydrogens is 499 g/mol. The second-order valence-electron chi connectivity index (χ2n) is 10.6. The molecule has 0 radical (unpaired) electrons. The van der Waals surface area contributed by atoms with Crippen LogP contribution in [0.5, 0.6) is 0 Å². The van der Waals surface area contributed by atoms with E-state index in [1.54, 1.807) is 19.2 Å². The number of hydrogen-bond donors (Lipinski definition) is 4. The molecule has 1 aromatic carbocycles. The molecule has 10 heteroatoms. The monoisotopic (exact) mass is 529 g/mol. The molecular formula is C28H30F3N3O4. The number of halogens is 3. The van der Waals surface area contributed by atoms with Crippen molar-refractivity contribution < 1.29 is 33.3 Å². The molecule has 1 aliphatic rings. The fourth-order valence-electron chi connectivity index (χ4n) is 4.80. The van der Waals surface area contributed by atoms with Crippen LogP contribution in [0, 0.1) is 23.4 Å². The summed E-state index contributed by atoms with van der Waals surface area (Å²) < 4.78 is 44.4. The van der Waals surface area contributed by atoms with Gasteiger partial charge in [0.05, 0.1) is 34.8 Å². The molecule has 4 atom stereocenters. The Labute approximate surface area is 218 Å². The second-order valence-corrected chi connectivity index (χ2v) is 10.6. The lowest BCUT2D eigenvalue weighted by Gasteiger charge is -2.43. The van der Waals surface area contributed by atoms with E-state index in [4.69, 9.17) is 0 Å². The molecule has 7 nitrogen and oxygen atoms in total. The van der Waals surface area contributed by atoms with Gasteiger partial charge in [-0.3, -0.25) is 9.78 Å². The van der Waals surface area contributed by atoms with Crippen molar-refractivity contribution in [2.45, 2.75) is 63.8 Å². The zero-order valence-corrected chi connectivity index (χ0v) is 21.5. The summed E-state index contributed by atoms with van der Waals surface area (Å²) in [4.78, 5) is 21.1. The summed E-state index contributed by atoms with van der Waals surface area (Å²) in [5, 5.41) is 33.8. The van der Waals surface area contributed by atoms with Gasteiger partial charge in [-0.25, -0.2) is 18.2 Å². The van der Waals surface area contributed by atoms with Crippen LogP contribution in [0.15, 0.2) is 42.7 Å². The Morgan fingerprint density at radius 3 is 2.37 bits per heavy atom. The summed E-state index contributed by atoms with van der Waals surface area (Å²) in [6.07, 6.45) is 2.82. The third-order valence-electron chi connectivity index (χ3n) is 7.43. The lowest BCUT2D eigenvalue weighted by molar-refractivity contribution is -0.123. The van der Waals surface area contributed by atoms with Gasteiger partial charge in [0.25, 0.3) is 5.91 Å². The van der Waals surface area contributed by atoms with Gasteiger partial charge in [-0.05, 0) is 86.9 Å². The summed E-state index contributed by atoms with van der Waals surface area (Å²) in [6.45, 7) is 6.14. The van der Waals surface area contributed by atoms with Crippen LogP contribution < -0.4 is 5.32 Å². The minimum absolute atomic E-state index is 0.0432. The number of nitrogens with one attached hydrogen (secondary N) is 1. The highest BCUT2D eigenvalue weighted by molar-refractivity contribution is 6.03. The molecule has 1 amide bonds. The smallest absolute Gasteiger partial charge is 0.274 e. The quantitative estimate of drug-likeness (QED) is 0.382. The van der Waals surface area contributed by atoms with Gasteiger partial charge in [-0.2, -0.15) is 0 Å². The van der Waals surface area contributed by atoms with Crippen molar-refractivity contribution >= 4 is 11.6 Å². The van der Waals surface area contributed by atoms with Crippen LogP contribution in [-0.4, -0.2) is 42.9 Å². The van der Waals surface area contributed by atoms with E-state index in [0.29, 0.717) is 17.7 Å². The molecule has 0 bridgehead atoms. The van der Waals surface area contributed by atoms with Crippen LogP contribution in [0.4, 0.5) is 18.9 Å². The van der Waals surface area contributed by atoms with Crippen molar-refractivity contribution in [1.82, 2.24) is 9.97 Å². The zero-order valence-electron chi connectivity index (χ0n) is 21.5. The molecule has 1 fully saturated rings. The maximum Gasteiger partial charge on any atom is 0.274 e. The minimum Gasteiger partial charge on any atom is -0.390 e. The third kappa shape index (κ3) is 5.29. The molecule has 3 aromatic rings. The summed E-state index contributed by atoms with van der Waals surface area (Å²) in [5.74, 6) is -4.47. The van der Waals surface area contributed by atoms with E-state index in [2.05, 4.69) is 15.3 Å². The number of aromatic nitrogens is 2. The predicted molar refractivity (Wildman–Crippen MR) is 135 cm³/mol. The Balaban J connectivity index is 1.64. The summed E-state index contributed by atoms with van der Waals surface area (Å²) in [7, 11) is 0. The molecule has 2 aromatic heterocycles. The number of carbonyl (C=O) groups is 1. The zero-order chi connectivity index (χ0) is 28.0. The average Bonchev–Trinajstić information content (AvgIpc) is 2.83. The number of hydrogen-bond acceptors (Lipinski definition) is 6. The van der Waals surface area contributed by atoms with E-state index >= 15 is 0 Å². The minimum atomic E-state index is -1.53. The van der Waals surface area contributed by atoms with Gasteiger partial charge in [-0.15, -0.1) is 0 Å². The van der Waals surface area contributed by atoms with Crippen LogP contribution in [0.25, 0.3) is 11.3 Å². The van der Waals surface area contributed by atoms with Gasteiger partial charge >= 0.3 is 0 Å². The van der Waals surface area contributed by atoms with E-state index in [-0.39, 0.29) is 29.5 Å². The Morgan fingerprint density at radius 2 is 1.76 bits per heavy atom. The maximum atomic E-state index is 14.9. The molecule has 0 aliphatic heterocycles. The molecule has 0 spiro atoms. The lowest BCUT2D eigenvalue weighted by atomic mass is 9.69. The summed E-state index contributed by atoms with van der Waals surface area (Å²) in [6, 6.07) is 5.48. The van der Waals surface area contributed by atoms with E-state index in [1.807, 2.05) is 6.92 Å². The first-order valence-electron chi connectivity index (χ1n) is 12.2. The van der Waals surface area contributed by atoms with E-state index in [0.717, 1.165) is 24.3 Å². The number of aliphatic hydroxyl groups is 3. The molecule has 1 saturated carbocycles. The van der Waals surface area contributed by atoms with Crippen LogP contribution in [-0.2, 0) is 5.60 Å². The van der Waals surface area contributed by atoms with Gasteiger partial charge in [0.15, 0.2) is 0 Å². The van der Waals surface area contributed by atoms with E-state index < -0.39 is 51.9 Å². The van der Waals surface area contributed by atoms with Gasteiger partial charge in [0.2, 0.25) is 0 Å². The highest BCUT2D eigenvalue weighted by Gasteiger charge is 2.43. The molecule has 38 heavy (non-hydrogen) atoms. The standard InChI is InChI=1S/C28H30F3N3O4/c1-14-9-15(10-23(35)28(14,4)38)17-7-8-32-13-22(17)34-26(36)21-6-5-18(29)25(33-21)24-19(30)11-16(12-20(24)31)27(2,3)37/h5-8,11-15,23,35,37-38H,9-10H2,1-4H3,(H,34,36)/t14-,15+,23+,28+/m0/s1. The highest BCUT2D eigenvalue weighted by Crippen LogP contribution is 2.43. The highest BCUT2D eigenvalue weighted by atomic mass is 19.1. The van der Waals surface area contributed by atoms with Gasteiger partial charge in [0, 0.05) is 6.20 Å².